The molecule has 0 aromatic heterocycles. The monoisotopic (exact) mass is 185 g/mol. The second kappa shape index (κ2) is 5.40. The third-order valence-electron chi connectivity index (χ3n) is 2.81. The van der Waals surface area contributed by atoms with Crippen LogP contribution in [0.1, 0.15) is 33.6 Å². The van der Waals surface area contributed by atoms with E-state index in [4.69, 9.17) is 4.74 Å². The lowest BCUT2D eigenvalue weighted by Crippen LogP contribution is -2.48. The van der Waals surface area contributed by atoms with Gasteiger partial charge in [-0.3, -0.25) is 0 Å². The molecule has 2 unspecified atom stereocenters. The second-order valence-electron chi connectivity index (χ2n) is 3.87. The predicted molar refractivity (Wildman–Crippen MR) is 58.0 cm³/mol. The van der Waals surface area contributed by atoms with Gasteiger partial charge in [0.05, 0.1) is 5.60 Å². The fourth-order valence-corrected chi connectivity index (χ4v) is 1.50. The molecule has 0 saturated heterocycles. The van der Waals surface area contributed by atoms with E-state index in [1.807, 2.05) is 7.05 Å². The fraction of sp³-hybridized carbons (Fsp3) is 0.818. The van der Waals surface area contributed by atoms with Gasteiger partial charge in [-0.15, -0.1) is 6.58 Å². The molecule has 0 fully saturated rings. The van der Waals surface area contributed by atoms with Gasteiger partial charge in [-0.2, -0.15) is 0 Å². The van der Waals surface area contributed by atoms with Gasteiger partial charge >= 0.3 is 0 Å². The molecule has 0 bridgehead atoms. The van der Waals surface area contributed by atoms with Crippen molar-refractivity contribution in [2.45, 2.75) is 45.3 Å². The van der Waals surface area contributed by atoms with Crippen LogP contribution in [0, 0.1) is 0 Å². The number of hydrogen-bond acceptors (Lipinski definition) is 2. The van der Waals surface area contributed by atoms with E-state index in [-0.39, 0.29) is 5.60 Å². The molecular weight excluding hydrogens is 162 g/mol. The maximum Gasteiger partial charge on any atom is 0.0803 e. The third kappa shape index (κ3) is 3.49. The number of ether oxygens (including phenoxy) is 1. The van der Waals surface area contributed by atoms with Crippen molar-refractivity contribution in [1.82, 2.24) is 5.32 Å². The summed E-state index contributed by atoms with van der Waals surface area (Å²) in [5.41, 5.74) is 1.10. The number of methoxy groups -OCH3 is 1. The van der Waals surface area contributed by atoms with Crippen molar-refractivity contribution in [2.24, 2.45) is 0 Å². The highest BCUT2D eigenvalue weighted by Gasteiger charge is 2.30. The maximum absolute atomic E-state index is 5.54. The van der Waals surface area contributed by atoms with E-state index in [1.165, 1.54) is 5.57 Å². The van der Waals surface area contributed by atoms with Crippen LogP contribution in [0.3, 0.4) is 0 Å². The first-order valence-corrected chi connectivity index (χ1v) is 4.87. The largest absolute Gasteiger partial charge is 0.377 e. The van der Waals surface area contributed by atoms with E-state index in [9.17, 15) is 0 Å². The van der Waals surface area contributed by atoms with Crippen LogP contribution in [0.25, 0.3) is 0 Å². The Labute approximate surface area is 82.4 Å². The van der Waals surface area contributed by atoms with Crippen LogP contribution in [0.5, 0.6) is 0 Å². The lowest BCUT2D eigenvalue weighted by molar-refractivity contribution is -0.0268. The summed E-state index contributed by atoms with van der Waals surface area (Å²) in [7, 11) is 3.74. The minimum Gasteiger partial charge on any atom is -0.377 e. The summed E-state index contributed by atoms with van der Waals surface area (Å²) in [6, 6.07) is 0.347. The highest BCUT2D eigenvalue weighted by molar-refractivity contribution is 4.99. The molecule has 2 heteroatoms. The number of nitrogens with one attached hydrogen (secondary N) is 1. The molecule has 0 aromatic carbocycles. The second-order valence-corrected chi connectivity index (χ2v) is 3.87. The zero-order valence-corrected chi connectivity index (χ0v) is 9.61. The van der Waals surface area contributed by atoms with Gasteiger partial charge in [0.2, 0.25) is 0 Å². The minimum atomic E-state index is -0.0896. The quantitative estimate of drug-likeness (QED) is 0.641. The Hall–Kier alpha value is -0.340. The molecule has 0 aliphatic rings. The highest BCUT2D eigenvalue weighted by Crippen LogP contribution is 2.23. The van der Waals surface area contributed by atoms with Gasteiger partial charge in [-0.1, -0.05) is 12.5 Å². The van der Waals surface area contributed by atoms with Gasteiger partial charge in [-0.05, 0) is 33.7 Å². The average molecular weight is 185 g/mol. The summed E-state index contributed by atoms with van der Waals surface area (Å²) >= 11 is 0. The van der Waals surface area contributed by atoms with E-state index in [0.717, 1.165) is 12.8 Å². The van der Waals surface area contributed by atoms with Crippen molar-refractivity contribution in [1.29, 1.82) is 0 Å². The Morgan fingerprint density at radius 2 is 2.15 bits per heavy atom. The van der Waals surface area contributed by atoms with Crippen LogP contribution in [0.15, 0.2) is 12.2 Å². The van der Waals surface area contributed by atoms with Crippen LogP contribution in [0.2, 0.25) is 0 Å². The SMILES string of the molecule is C=C(C)CC(NC)C(C)(CC)OC. The molecule has 0 aromatic rings. The molecule has 0 saturated carbocycles. The van der Waals surface area contributed by atoms with E-state index in [1.54, 1.807) is 7.11 Å². The standard InChI is InChI=1S/C11H23NO/c1-7-11(4,13-6)10(12-5)8-9(2)3/h10,12H,2,7-8H2,1,3-6H3. The molecule has 1 N–H and O–H groups in total. The molecule has 0 spiro atoms. The van der Waals surface area contributed by atoms with E-state index in [2.05, 4.69) is 32.7 Å². The van der Waals surface area contributed by atoms with Crippen LogP contribution in [0.4, 0.5) is 0 Å². The van der Waals surface area contributed by atoms with E-state index < -0.39 is 0 Å². The molecule has 0 heterocycles. The van der Waals surface area contributed by atoms with Gasteiger partial charge in [0, 0.05) is 13.2 Å². The van der Waals surface area contributed by atoms with Gasteiger partial charge in [0.15, 0.2) is 0 Å². The highest BCUT2D eigenvalue weighted by atomic mass is 16.5. The van der Waals surface area contributed by atoms with Crippen molar-refractivity contribution in [3.05, 3.63) is 12.2 Å². The maximum atomic E-state index is 5.54. The lowest BCUT2D eigenvalue weighted by atomic mass is 9.89. The average Bonchev–Trinajstić information content (AvgIpc) is 2.12. The van der Waals surface area contributed by atoms with Crippen LogP contribution in [-0.4, -0.2) is 25.8 Å². The molecule has 0 radical (unpaired) electrons. The van der Waals surface area contributed by atoms with Crippen molar-refractivity contribution >= 4 is 0 Å². The Bertz CT molecular complexity index is 161. The molecule has 0 rings (SSSR count). The molecule has 0 aliphatic carbocycles. The van der Waals surface area contributed by atoms with Crippen LogP contribution < -0.4 is 5.32 Å². The molecule has 2 nitrogen and oxygen atoms in total. The van der Waals surface area contributed by atoms with Crippen molar-refractivity contribution in [3.8, 4) is 0 Å². The van der Waals surface area contributed by atoms with E-state index >= 15 is 0 Å². The van der Waals surface area contributed by atoms with Gasteiger partial charge < -0.3 is 10.1 Å². The Kier molecular flexibility index (Phi) is 5.26. The van der Waals surface area contributed by atoms with Crippen molar-refractivity contribution in [3.63, 3.8) is 0 Å². The van der Waals surface area contributed by atoms with Gasteiger partial charge in [0.1, 0.15) is 0 Å². The van der Waals surface area contributed by atoms with E-state index in [0.29, 0.717) is 6.04 Å². The Balaban J connectivity index is 4.42. The summed E-state index contributed by atoms with van der Waals surface area (Å²) in [6.45, 7) is 10.3. The summed E-state index contributed by atoms with van der Waals surface area (Å²) in [5.74, 6) is 0. The Morgan fingerprint density at radius 3 is 2.38 bits per heavy atom. The first-order valence-electron chi connectivity index (χ1n) is 4.87. The number of likely N-dealkylation sites (N-methyl/N-ethyl adjacent to an activating group) is 1. The first-order chi connectivity index (χ1) is 6.00. The predicted octanol–water partition coefficient (Wildman–Crippen LogP) is 2.36. The molecule has 0 amide bonds. The smallest absolute Gasteiger partial charge is 0.0803 e. The van der Waals surface area contributed by atoms with Crippen molar-refractivity contribution < 1.29 is 4.74 Å². The number of hydrogen-bond donors (Lipinski definition) is 1. The lowest BCUT2D eigenvalue weighted by Gasteiger charge is -2.35. The van der Waals surface area contributed by atoms with Crippen LogP contribution in [-0.2, 0) is 4.74 Å². The molecule has 0 aliphatic heterocycles. The summed E-state index contributed by atoms with van der Waals surface area (Å²) < 4.78 is 5.54. The normalized spacial score (nSPS) is 17.9. The number of rotatable bonds is 6. The van der Waals surface area contributed by atoms with Crippen LogP contribution >= 0.6 is 0 Å². The topological polar surface area (TPSA) is 21.3 Å². The zero-order valence-electron chi connectivity index (χ0n) is 9.61. The van der Waals surface area contributed by atoms with Gasteiger partial charge in [0.25, 0.3) is 0 Å². The molecule has 13 heavy (non-hydrogen) atoms. The summed E-state index contributed by atoms with van der Waals surface area (Å²) in [5, 5.41) is 3.29. The molecule has 2 atom stereocenters. The molecule has 78 valence electrons. The first kappa shape index (κ1) is 12.7. The van der Waals surface area contributed by atoms with Crippen molar-refractivity contribution in [2.75, 3.05) is 14.2 Å². The minimum absolute atomic E-state index is 0.0896. The summed E-state index contributed by atoms with van der Waals surface area (Å²) in [6.07, 6.45) is 1.97. The third-order valence-corrected chi connectivity index (χ3v) is 2.81. The summed E-state index contributed by atoms with van der Waals surface area (Å²) in [4.78, 5) is 0. The Morgan fingerprint density at radius 1 is 1.62 bits per heavy atom. The van der Waals surface area contributed by atoms with Gasteiger partial charge in [-0.25, -0.2) is 0 Å². The zero-order chi connectivity index (χ0) is 10.5. The fourth-order valence-electron chi connectivity index (χ4n) is 1.50. The molecular formula is C11H23NO.